The zero-order chi connectivity index (χ0) is 11.3. The average Bonchev–Trinajstić information content (AvgIpc) is 3.01. The molecule has 1 fully saturated rings. The zero-order valence-corrected chi connectivity index (χ0v) is 9.59. The van der Waals surface area contributed by atoms with Crippen LogP contribution in [0, 0.1) is 5.82 Å². The molecule has 16 heavy (non-hydrogen) atoms. The molecule has 0 aromatic heterocycles. The summed E-state index contributed by atoms with van der Waals surface area (Å²) in [7, 11) is 0. The van der Waals surface area contributed by atoms with Crippen molar-refractivity contribution in [2.45, 2.75) is 31.4 Å². The third-order valence-electron chi connectivity index (χ3n) is 3.32. The van der Waals surface area contributed by atoms with Crippen LogP contribution in [0.1, 0.15) is 25.3 Å². The van der Waals surface area contributed by atoms with E-state index in [1.165, 1.54) is 6.07 Å². The summed E-state index contributed by atoms with van der Waals surface area (Å²) in [5.41, 5.74) is 0.333. The molecule has 0 bridgehead atoms. The topological polar surface area (TPSA) is 21.6 Å². The van der Waals surface area contributed by atoms with Crippen molar-refractivity contribution < 1.29 is 9.13 Å². The van der Waals surface area contributed by atoms with E-state index in [9.17, 15) is 4.39 Å². The van der Waals surface area contributed by atoms with Crippen molar-refractivity contribution in [1.29, 1.82) is 0 Å². The van der Waals surface area contributed by atoms with Crippen molar-refractivity contribution in [2.75, 3.05) is 0 Å². The van der Waals surface area contributed by atoms with Crippen LogP contribution in [0.4, 0.5) is 4.39 Å². The number of nitrogens with zero attached hydrogens (tertiary/aromatic N) is 1. The first kappa shape index (κ1) is 10.1. The Bertz CT molecular complexity index is 482. The number of para-hydroxylation sites is 1. The summed E-state index contributed by atoms with van der Waals surface area (Å²) in [6, 6.07) is 4.73. The molecule has 1 saturated carbocycles. The van der Waals surface area contributed by atoms with Crippen LogP contribution in [0.2, 0.25) is 0 Å². The third-order valence-corrected chi connectivity index (χ3v) is 3.61. The molecule has 2 aliphatic rings. The van der Waals surface area contributed by atoms with Crippen LogP contribution in [0.3, 0.4) is 0 Å². The van der Waals surface area contributed by atoms with Gasteiger partial charge in [0.1, 0.15) is 11.3 Å². The Morgan fingerprint density at radius 3 is 2.94 bits per heavy atom. The summed E-state index contributed by atoms with van der Waals surface area (Å²) in [6.07, 6.45) is 1.79. The molecule has 1 aromatic carbocycles. The lowest BCUT2D eigenvalue weighted by Crippen LogP contribution is -2.28. The number of ether oxygens (including phenoxy) is 1. The van der Waals surface area contributed by atoms with Crippen LogP contribution in [-0.4, -0.2) is 16.8 Å². The second kappa shape index (κ2) is 3.20. The highest BCUT2D eigenvalue weighted by Gasteiger charge is 2.51. The van der Waals surface area contributed by atoms with Crippen LogP contribution in [0.25, 0.3) is 0 Å². The number of benzene rings is 1. The lowest BCUT2D eigenvalue weighted by atomic mass is 10.1. The van der Waals surface area contributed by atoms with Gasteiger partial charge in [-0.15, -0.1) is 0 Å². The summed E-state index contributed by atoms with van der Waals surface area (Å²) in [4.78, 5) is 4.47. The zero-order valence-electron chi connectivity index (χ0n) is 8.84. The SMILES string of the molecule is CC1Oc2c(F)cccc2C(Cl)=NC12CC2. The Balaban J connectivity index is 2.16. The lowest BCUT2D eigenvalue weighted by Gasteiger charge is -2.19. The molecular weight excluding hydrogens is 229 g/mol. The smallest absolute Gasteiger partial charge is 0.165 e. The maximum atomic E-state index is 13.6. The third kappa shape index (κ3) is 1.34. The summed E-state index contributed by atoms with van der Waals surface area (Å²) < 4.78 is 19.3. The summed E-state index contributed by atoms with van der Waals surface area (Å²) in [5, 5.41) is 0.358. The van der Waals surface area contributed by atoms with E-state index >= 15 is 0 Å². The second-order valence-corrected chi connectivity index (χ2v) is 4.74. The molecular formula is C12H11ClFNO. The number of hydrogen-bond donors (Lipinski definition) is 0. The highest BCUT2D eigenvalue weighted by molar-refractivity contribution is 6.70. The number of hydrogen-bond acceptors (Lipinski definition) is 2. The predicted molar refractivity (Wildman–Crippen MR) is 60.8 cm³/mol. The largest absolute Gasteiger partial charge is 0.484 e. The van der Waals surface area contributed by atoms with Gasteiger partial charge in [-0.2, -0.15) is 0 Å². The molecule has 1 spiro atoms. The van der Waals surface area contributed by atoms with E-state index in [1.54, 1.807) is 12.1 Å². The van der Waals surface area contributed by atoms with Gasteiger partial charge >= 0.3 is 0 Å². The van der Waals surface area contributed by atoms with Gasteiger partial charge in [-0.3, -0.25) is 4.99 Å². The van der Waals surface area contributed by atoms with Gasteiger partial charge in [-0.1, -0.05) is 17.7 Å². The Morgan fingerprint density at radius 1 is 1.50 bits per heavy atom. The van der Waals surface area contributed by atoms with Crippen molar-refractivity contribution in [2.24, 2.45) is 4.99 Å². The Hall–Kier alpha value is -1.09. The van der Waals surface area contributed by atoms with Crippen LogP contribution in [0.5, 0.6) is 5.75 Å². The van der Waals surface area contributed by atoms with Crippen molar-refractivity contribution in [1.82, 2.24) is 0 Å². The summed E-state index contributed by atoms with van der Waals surface area (Å²) >= 11 is 6.12. The fourth-order valence-corrected chi connectivity index (χ4v) is 2.39. The molecule has 1 aliphatic carbocycles. The Labute approximate surface area is 98.1 Å². The molecule has 3 rings (SSSR count). The van der Waals surface area contributed by atoms with Gasteiger partial charge in [0.05, 0.1) is 11.1 Å². The molecule has 0 N–H and O–H groups in total. The highest BCUT2D eigenvalue weighted by atomic mass is 35.5. The quantitative estimate of drug-likeness (QED) is 0.682. The molecule has 2 nitrogen and oxygen atoms in total. The number of halogens is 2. The monoisotopic (exact) mass is 239 g/mol. The van der Waals surface area contributed by atoms with Crippen LogP contribution < -0.4 is 4.74 Å². The van der Waals surface area contributed by atoms with Gasteiger partial charge in [-0.05, 0) is 31.9 Å². The van der Waals surface area contributed by atoms with Gasteiger partial charge in [0.2, 0.25) is 0 Å². The van der Waals surface area contributed by atoms with Gasteiger partial charge < -0.3 is 4.74 Å². The summed E-state index contributed by atoms with van der Waals surface area (Å²) in [5.74, 6) is -0.150. The lowest BCUT2D eigenvalue weighted by molar-refractivity contribution is 0.176. The molecule has 84 valence electrons. The Kier molecular flexibility index (Phi) is 2.02. The number of fused-ring (bicyclic) bond motifs is 1. The summed E-state index contributed by atoms with van der Waals surface area (Å²) in [6.45, 7) is 1.92. The van der Waals surface area contributed by atoms with E-state index in [1.807, 2.05) is 6.92 Å². The van der Waals surface area contributed by atoms with E-state index in [0.29, 0.717) is 10.7 Å². The molecule has 1 aromatic rings. The maximum absolute atomic E-state index is 13.6. The standard InChI is InChI=1S/C12H11ClFNO/c1-7-12(5-6-12)15-11(13)8-3-2-4-9(14)10(8)16-7/h2-4,7H,5-6H2,1H3. The van der Waals surface area contributed by atoms with Crippen molar-refractivity contribution in [3.8, 4) is 5.75 Å². The first-order valence-electron chi connectivity index (χ1n) is 5.33. The molecule has 1 aliphatic heterocycles. The van der Waals surface area contributed by atoms with Gasteiger partial charge in [0.15, 0.2) is 11.6 Å². The fourth-order valence-electron chi connectivity index (χ4n) is 2.07. The minimum Gasteiger partial charge on any atom is -0.484 e. The van der Waals surface area contributed by atoms with Crippen molar-refractivity contribution in [3.63, 3.8) is 0 Å². The van der Waals surface area contributed by atoms with E-state index in [-0.39, 0.29) is 23.2 Å². The van der Waals surface area contributed by atoms with Crippen molar-refractivity contribution >= 4 is 16.8 Å². The maximum Gasteiger partial charge on any atom is 0.165 e. The number of rotatable bonds is 0. The average molecular weight is 240 g/mol. The molecule has 0 radical (unpaired) electrons. The van der Waals surface area contributed by atoms with E-state index in [2.05, 4.69) is 4.99 Å². The molecule has 1 atom stereocenters. The van der Waals surface area contributed by atoms with Crippen LogP contribution >= 0.6 is 11.6 Å². The first-order valence-corrected chi connectivity index (χ1v) is 5.71. The number of aliphatic imine (C=N–C) groups is 1. The molecule has 1 unspecified atom stereocenters. The normalized spacial score (nSPS) is 25.4. The highest BCUT2D eigenvalue weighted by Crippen LogP contribution is 2.47. The fraction of sp³-hybridized carbons (Fsp3) is 0.417. The van der Waals surface area contributed by atoms with Gasteiger partial charge in [0.25, 0.3) is 0 Å². The molecule has 1 heterocycles. The van der Waals surface area contributed by atoms with Gasteiger partial charge in [-0.25, -0.2) is 4.39 Å². The molecule has 0 amide bonds. The van der Waals surface area contributed by atoms with E-state index in [0.717, 1.165) is 12.8 Å². The molecule has 4 heteroatoms. The molecule has 0 saturated heterocycles. The predicted octanol–water partition coefficient (Wildman–Crippen LogP) is 3.12. The van der Waals surface area contributed by atoms with Crippen LogP contribution in [0.15, 0.2) is 23.2 Å². The Morgan fingerprint density at radius 2 is 2.25 bits per heavy atom. The van der Waals surface area contributed by atoms with E-state index in [4.69, 9.17) is 16.3 Å². The van der Waals surface area contributed by atoms with Crippen LogP contribution in [-0.2, 0) is 0 Å². The van der Waals surface area contributed by atoms with Crippen molar-refractivity contribution in [3.05, 3.63) is 29.6 Å². The van der Waals surface area contributed by atoms with Gasteiger partial charge in [0, 0.05) is 0 Å². The first-order chi connectivity index (χ1) is 7.62. The second-order valence-electron chi connectivity index (χ2n) is 4.38. The minimum atomic E-state index is -0.379. The van der Waals surface area contributed by atoms with E-state index < -0.39 is 0 Å². The minimum absolute atomic E-state index is 0.126.